The number of nitrogens with zero attached hydrogens (tertiary/aromatic N) is 3. The van der Waals surface area contributed by atoms with Crippen LogP contribution < -0.4 is 22.7 Å². The molecular weight excluding hydrogens is 356 g/mol. The molecule has 0 radical (unpaired) electrons. The molecular formula is C12H11BrN6O3. The van der Waals surface area contributed by atoms with E-state index >= 15 is 0 Å². The summed E-state index contributed by atoms with van der Waals surface area (Å²) < 4.78 is 1.72. The van der Waals surface area contributed by atoms with Gasteiger partial charge in [-0.15, -0.1) is 5.10 Å². The second-order valence-electron chi connectivity index (χ2n) is 4.08. The third-order valence-corrected chi connectivity index (χ3v) is 3.09. The van der Waals surface area contributed by atoms with Crippen LogP contribution >= 0.6 is 15.9 Å². The van der Waals surface area contributed by atoms with Crippen molar-refractivity contribution in [3.05, 3.63) is 55.1 Å². The number of rotatable bonds is 3. The molecule has 1 heterocycles. The summed E-state index contributed by atoms with van der Waals surface area (Å²) in [5.41, 5.74) is 8.70. The Hall–Kier alpha value is -2.88. The predicted octanol–water partition coefficient (Wildman–Crippen LogP) is -0.399. The maximum absolute atomic E-state index is 11.9. The summed E-state index contributed by atoms with van der Waals surface area (Å²) in [5.74, 6) is -0.890. The van der Waals surface area contributed by atoms with Crippen LogP contribution in [0.2, 0.25) is 0 Å². The molecule has 0 aliphatic carbocycles. The number of guanidine groups is 1. The third kappa shape index (κ3) is 3.23. The minimum atomic E-state index is -0.814. The van der Waals surface area contributed by atoms with Gasteiger partial charge < -0.3 is 16.6 Å². The highest BCUT2D eigenvalue weighted by atomic mass is 79.9. The average Bonchev–Trinajstić information content (AvgIpc) is 2.44. The SMILES string of the molecule is NC(N)=NN=Cc1c(O)n(-c2ccc(Br)cc2)c(=O)[nH]c1=O. The van der Waals surface area contributed by atoms with Crippen molar-refractivity contribution in [1.82, 2.24) is 9.55 Å². The molecule has 0 amide bonds. The molecule has 1 aromatic carbocycles. The Morgan fingerprint density at radius 1 is 1.27 bits per heavy atom. The van der Waals surface area contributed by atoms with E-state index in [-0.39, 0.29) is 11.5 Å². The minimum Gasteiger partial charge on any atom is -0.493 e. The van der Waals surface area contributed by atoms with Crippen LogP contribution in [0.1, 0.15) is 5.56 Å². The lowest BCUT2D eigenvalue weighted by Crippen LogP contribution is -2.31. The van der Waals surface area contributed by atoms with Crippen molar-refractivity contribution in [3.8, 4) is 11.6 Å². The van der Waals surface area contributed by atoms with Crippen LogP contribution in [0.25, 0.3) is 5.69 Å². The number of aromatic nitrogens is 2. The van der Waals surface area contributed by atoms with Crippen molar-refractivity contribution in [3.63, 3.8) is 0 Å². The normalized spacial score (nSPS) is 10.8. The van der Waals surface area contributed by atoms with E-state index < -0.39 is 17.1 Å². The van der Waals surface area contributed by atoms with Crippen molar-refractivity contribution in [1.29, 1.82) is 0 Å². The molecule has 0 aliphatic heterocycles. The lowest BCUT2D eigenvalue weighted by atomic mass is 10.3. The Labute approximate surface area is 131 Å². The number of hydrogen-bond donors (Lipinski definition) is 4. The molecule has 9 nitrogen and oxygen atoms in total. The number of aromatic hydroxyl groups is 1. The molecule has 0 atom stereocenters. The Morgan fingerprint density at radius 3 is 2.50 bits per heavy atom. The fourth-order valence-electron chi connectivity index (χ4n) is 1.64. The second-order valence-corrected chi connectivity index (χ2v) is 4.99. The van der Waals surface area contributed by atoms with Crippen LogP contribution in [0, 0.1) is 0 Å². The molecule has 1 aromatic heterocycles. The van der Waals surface area contributed by atoms with Crippen LogP contribution in [-0.2, 0) is 0 Å². The van der Waals surface area contributed by atoms with Crippen LogP contribution in [0.3, 0.4) is 0 Å². The zero-order chi connectivity index (χ0) is 16.3. The van der Waals surface area contributed by atoms with E-state index in [1.165, 1.54) is 0 Å². The van der Waals surface area contributed by atoms with Crippen LogP contribution in [-0.4, -0.2) is 26.8 Å². The van der Waals surface area contributed by atoms with E-state index in [1.54, 1.807) is 24.3 Å². The molecule has 0 bridgehead atoms. The second kappa shape index (κ2) is 6.26. The zero-order valence-corrected chi connectivity index (χ0v) is 12.6. The van der Waals surface area contributed by atoms with Gasteiger partial charge in [0, 0.05) is 4.47 Å². The topological polar surface area (TPSA) is 152 Å². The standard InChI is InChI=1S/C12H11BrN6O3/c13-6-1-3-7(4-2-6)19-10(21)8(5-16-18-11(14)15)9(20)17-12(19)22/h1-5,21H,(H4,14,15,18)(H,17,20,22). The van der Waals surface area contributed by atoms with Gasteiger partial charge in [0.25, 0.3) is 5.56 Å². The summed E-state index contributed by atoms with van der Waals surface area (Å²) in [6, 6.07) is 6.53. The number of nitrogens with one attached hydrogen (secondary N) is 1. The maximum atomic E-state index is 11.9. The third-order valence-electron chi connectivity index (χ3n) is 2.57. The van der Waals surface area contributed by atoms with Crippen LogP contribution in [0.4, 0.5) is 0 Å². The number of H-pyrrole nitrogens is 1. The van der Waals surface area contributed by atoms with Gasteiger partial charge in [0.1, 0.15) is 5.56 Å². The summed E-state index contributed by atoms with van der Waals surface area (Å²) in [4.78, 5) is 25.7. The van der Waals surface area contributed by atoms with Crippen LogP contribution in [0.15, 0.2) is 48.5 Å². The fourth-order valence-corrected chi connectivity index (χ4v) is 1.90. The Morgan fingerprint density at radius 2 is 1.91 bits per heavy atom. The average molecular weight is 367 g/mol. The van der Waals surface area contributed by atoms with Crippen molar-refractivity contribution in [2.24, 2.45) is 21.7 Å². The van der Waals surface area contributed by atoms with Crippen LogP contribution in [0.5, 0.6) is 5.88 Å². The van der Waals surface area contributed by atoms with E-state index in [9.17, 15) is 14.7 Å². The van der Waals surface area contributed by atoms with E-state index in [2.05, 4.69) is 31.1 Å². The molecule has 0 spiro atoms. The van der Waals surface area contributed by atoms with Gasteiger partial charge in [-0.2, -0.15) is 5.10 Å². The number of aromatic amines is 1. The monoisotopic (exact) mass is 366 g/mol. The van der Waals surface area contributed by atoms with Crippen molar-refractivity contribution < 1.29 is 5.11 Å². The van der Waals surface area contributed by atoms with E-state index in [0.717, 1.165) is 15.3 Å². The quantitative estimate of drug-likeness (QED) is 0.331. The van der Waals surface area contributed by atoms with Crippen molar-refractivity contribution >= 4 is 28.1 Å². The van der Waals surface area contributed by atoms with E-state index in [1.807, 2.05) is 0 Å². The number of hydrogen-bond acceptors (Lipinski definition) is 5. The van der Waals surface area contributed by atoms with Gasteiger partial charge in [-0.25, -0.2) is 9.36 Å². The smallest absolute Gasteiger partial charge is 0.335 e. The molecule has 0 unspecified atom stereocenters. The molecule has 2 aromatic rings. The molecule has 10 heteroatoms. The predicted molar refractivity (Wildman–Crippen MR) is 85.4 cm³/mol. The van der Waals surface area contributed by atoms with Gasteiger partial charge in [0.2, 0.25) is 11.8 Å². The maximum Gasteiger partial charge on any atom is 0.335 e. The molecule has 0 saturated carbocycles. The van der Waals surface area contributed by atoms with Gasteiger partial charge in [-0.05, 0) is 24.3 Å². The number of benzene rings is 1. The lowest BCUT2D eigenvalue weighted by Gasteiger charge is -2.09. The first-order chi connectivity index (χ1) is 10.4. The van der Waals surface area contributed by atoms with E-state index in [0.29, 0.717) is 5.69 Å². The molecule has 114 valence electrons. The van der Waals surface area contributed by atoms with Gasteiger partial charge in [-0.1, -0.05) is 15.9 Å². The molecule has 22 heavy (non-hydrogen) atoms. The summed E-state index contributed by atoms with van der Waals surface area (Å²) in [7, 11) is 0. The first kappa shape index (κ1) is 15.5. The highest BCUT2D eigenvalue weighted by molar-refractivity contribution is 9.10. The lowest BCUT2D eigenvalue weighted by molar-refractivity contribution is 0.430. The van der Waals surface area contributed by atoms with Gasteiger partial charge >= 0.3 is 5.69 Å². The highest BCUT2D eigenvalue weighted by Crippen LogP contribution is 2.17. The van der Waals surface area contributed by atoms with Crippen molar-refractivity contribution in [2.75, 3.05) is 0 Å². The first-order valence-corrected chi connectivity index (χ1v) is 6.65. The number of nitrogens with two attached hydrogens (primary N) is 2. The summed E-state index contributed by atoms with van der Waals surface area (Å²) in [6.07, 6.45) is 0.947. The summed E-state index contributed by atoms with van der Waals surface area (Å²) >= 11 is 3.26. The summed E-state index contributed by atoms with van der Waals surface area (Å²) in [5, 5.41) is 16.9. The van der Waals surface area contributed by atoms with Gasteiger partial charge in [-0.3, -0.25) is 9.78 Å². The van der Waals surface area contributed by atoms with Crippen molar-refractivity contribution in [2.45, 2.75) is 0 Å². The zero-order valence-electron chi connectivity index (χ0n) is 11.0. The molecule has 2 rings (SSSR count). The molecule has 0 saturated heterocycles. The molecule has 6 N–H and O–H groups in total. The van der Waals surface area contributed by atoms with E-state index in [4.69, 9.17) is 11.5 Å². The highest BCUT2D eigenvalue weighted by Gasteiger charge is 2.14. The molecule has 0 aliphatic rings. The Kier molecular flexibility index (Phi) is 4.41. The first-order valence-electron chi connectivity index (χ1n) is 5.86. The fraction of sp³-hybridized carbons (Fsp3) is 0. The van der Waals surface area contributed by atoms with Gasteiger partial charge in [0.05, 0.1) is 11.9 Å². The summed E-state index contributed by atoms with van der Waals surface area (Å²) in [6.45, 7) is 0. The largest absolute Gasteiger partial charge is 0.493 e. The Bertz CT molecular complexity index is 862. The minimum absolute atomic E-state index is 0.257. The van der Waals surface area contributed by atoms with Gasteiger partial charge in [0.15, 0.2) is 0 Å². The number of halogens is 1. The Balaban J connectivity index is 2.64. The molecule has 0 fully saturated rings.